The van der Waals surface area contributed by atoms with Crippen LogP contribution in [0, 0.1) is 23.7 Å². The van der Waals surface area contributed by atoms with Crippen LogP contribution in [0.15, 0.2) is 0 Å². The molecule has 0 atom stereocenters. The van der Waals surface area contributed by atoms with Crippen molar-refractivity contribution in [3.8, 4) is 23.7 Å². The molecule has 0 aromatic heterocycles. The van der Waals surface area contributed by atoms with Crippen molar-refractivity contribution < 1.29 is 9.53 Å². The topological polar surface area (TPSA) is 26.3 Å². The minimum absolute atomic E-state index is 0.532. The number of rotatable bonds is 21. The summed E-state index contributed by atoms with van der Waals surface area (Å²) in [6.07, 6.45) is 25.6. The fourth-order valence-corrected chi connectivity index (χ4v) is 3.42. The summed E-state index contributed by atoms with van der Waals surface area (Å²) in [4.78, 5) is 9.99. The van der Waals surface area contributed by atoms with Crippen LogP contribution < -0.4 is 0 Å². The highest BCUT2D eigenvalue weighted by Gasteiger charge is 1.93. The van der Waals surface area contributed by atoms with Gasteiger partial charge in [-0.05, 0) is 31.1 Å². The summed E-state index contributed by atoms with van der Waals surface area (Å²) in [6, 6.07) is 0. The van der Waals surface area contributed by atoms with E-state index in [2.05, 4.69) is 35.3 Å². The minimum Gasteiger partial charge on any atom is -0.468 e. The van der Waals surface area contributed by atoms with E-state index in [9.17, 15) is 4.79 Å². The second-order valence-electron chi connectivity index (χ2n) is 8.08. The summed E-state index contributed by atoms with van der Waals surface area (Å²) in [5.74, 6) is 12.4. The lowest BCUT2D eigenvalue weighted by Gasteiger charge is -2.01. The Morgan fingerprint density at radius 2 is 0.931 bits per heavy atom. The van der Waals surface area contributed by atoms with Gasteiger partial charge in [-0.15, -0.1) is 0 Å². The van der Waals surface area contributed by atoms with Crippen LogP contribution in [-0.4, -0.2) is 13.1 Å². The third-order valence-electron chi connectivity index (χ3n) is 5.28. The van der Waals surface area contributed by atoms with E-state index in [-0.39, 0.29) is 0 Å². The van der Waals surface area contributed by atoms with E-state index < -0.39 is 0 Å². The van der Waals surface area contributed by atoms with Gasteiger partial charge in [0.15, 0.2) is 0 Å². The number of hydrogen-bond acceptors (Lipinski definition) is 2. The lowest BCUT2D eigenvalue weighted by Crippen LogP contribution is -1.91. The van der Waals surface area contributed by atoms with Crippen LogP contribution in [0.1, 0.15) is 135 Å². The van der Waals surface area contributed by atoms with E-state index in [1.165, 1.54) is 103 Å². The molecule has 0 rings (SSSR count). The van der Waals surface area contributed by atoms with E-state index in [1.54, 1.807) is 0 Å². The van der Waals surface area contributed by atoms with Gasteiger partial charge in [0, 0.05) is 12.8 Å². The molecular weight excluding hydrogens is 356 g/mol. The molecule has 0 aliphatic heterocycles. The number of carbonyl (C=O) groups excluding carboxylic acids is 1. The fraction of sp³-hybridized carbons (Fsp3) is 0.815. The van der Waals surface area contributed by atoms with E-state index in [0.29, 0.717) is 13.1 Å². The van der Waals surface area contributed by atoms with Crippen LogP contribution >= 0.6 is 0 Å². The van der Waals surface area contributed by atoms with Crippen LogP contribution in [0.4, 0.5) is 0 Å². The molecule has 0 heterocycles. The van der Waals surface area contributed by atoms with Crippen molar-refractivity contribution in [2.24, 2.45) is 0 Å². The van der Waals surface area contributed by atoms with Crippen molar-refractivity contribution in [3.05, 3.63) is 0 Å². The predicted octanol–water partition coefficient (Wildman–Crippen LogP) is 7.99. The highest BCUT2D eigenvalue weighted by molar-refractivity contribution is 5.36. The summed E-state index contributed by atoms with van der Waals surface area (Å²) in [5.41, 5.74) is 0. The normalized spacial score (nSPS) is 9.97. The molecule has 0 bridgehead atoms. The third-order valence-corrected chi connectivity index (χ3v) is 5.28. The molecule has 0 saturated carbocycles. The van der Waals surface area contributed by atoms with E-state index >= 15 is 0 Å². The molecule has 0 spiro atoms. The van der Waals surface area contributed by atoms with E-state index in [4.69, 9.17) is 0 Å². The van der Waals surface area contributed by atoms with Crippen molar-refractivity contribution in [2.45, 2.75) is 135 Å². The molecule has 0 fully saturated rings. The van der Waals surface area contributed by atoms with Crippen LogP contribution in [-0.2, 0) is 9.53 Å². The number of ether oxygens (including phenoxy) is 1. The highest BCUT2D eigenvalue weighted by atomic mass is 16.5. The lowest BCUT2D eigenvalue weighted by atomic mass is 10.1. The first-order chi connectivity index (χ1) is 14.4. The second kappa shape index (κ2) is 26.6. The molecule has 0 amide bonds. The molecule has 29 heavy (non-hydrogen) atoms. The molecular formula is C27H46O2. The Morgan fingerprint density at radius 3 is 1.34 bits per heavy atom. The van der Waals surface area contributed by atoms with Gasteiger partial charge in [-0.3, -0.25) is 4.79 Å². The van der Waals surface area contributed by atoms with Crippen LogP contribution in [0.25, 0.3) is 0 Å². The van der Waals surface area contributed by atoms with Crippen molar-refractivity contribution in [3.63, 3.8) is 0 Å². The van der Waals surface area contributed by atoms with Crippen LogP contribution in [0.5, 0.6) is 0 Å². The molecule has 0 radical (unpaired) electrons. The van der Waals surface area contributed by atoms with Gasteiger partial charge in [0.2, 0.25) is 0 Å². The Hall–Kier alpha value is -1.41. The Labute approximate surface area is 182 Å². The number of carbonyl (C=O) groups is 1. The van der Waals surface area contributed by atoms with E-state index in [1.807, 2.05) is 0 Å². The van der Waals surface area contributed by atoms with Crippen LogP contribution in [0.3, 0.4) is 0 Å². The summed E-state index contributed by atoms with van der Waals surface area (Å²) in [5, 5.41) is 0. The number of hydrogen-bond donors (Lipinski definition) is 0. The molecule has 0 aromatic carbocycles. The zero-order valence-corrected chi connectivity index (χ0v) is 19.2. The van der Waals surface area contributed by atoms with Crippen molar-refractivity contribution in [2.75, 3.05) is 6.61 Å². The van der Waals surface area contributed by atoms with Crippen LogP contribution in [0.2, 0.25) is 0 Å². The largest absolute Gasteiger partial charge is 0.468 e. The monoisotopic (exact) mass is 402 g/mol. The maximum Gasteiger partial charge on any atom is 0.293 e. The summed E-state index contributed by atoms with van der Waals surface area (Å²) in [6.45, 7) is 3.38. The van der Waals surface area contributed by atoms with E-state index in [0.717, 1.165) is 25.7 Å². The maximum atomic E-state index is 9.99. The van der Waals surface area contributed by atoms with Crippen molar-refractivity contribution >= 4 is 6.47 Å². The molecule has 2 nitrogen and oxygen atoms in total. The molecule has 0 aromatic rings. The SMILES string of the molecule is CCCCCCCCCCCCCC#CC#CCCCCCCCCCOC=O. The quantitative estimate of drug-likeness (QED) is 0.110. The van der Waals surface area contributed by atoms with Gasteiger partial charge < -0.3 is 4.74 Å². The third kappa shape index (κ3) is 26.6. The molecule has 166 valence electrons. The van der Waals surface area contributed by atoms with Gasteiger partial charge in [0.25, 0.3) is 6.47 Å². The van der Waals surface area contributed by atoms with Gasteiger partial charge in [-0.25, -0.2) is 0 Å². The van der Waals surface area contributed by atoms with Gasteiger partial charge >= 0.3 is 0 Å². The summed E-state index contributed by atoms with van der Waals surface area (Å²) < 4.78 is 4.68. The average molecular weight is 403 g/mol. The Balaban J connectivity index is 3.22. The Kier molecular flexibility index (Phi) is 25.3. The van der Waals surface area contributed by atoms with Gasteiger partial charge in [-0.2, -0.15) is 0 Å². The van der Waals surface area contributed by atoms with Gasteiger partial charge in [0.05, 0.1) is 6.61 Å². The molecule has 2 heteroatoms. The second-order valence-corrected chi connectivity index (χ2v) is 8.08. The standard InChI is InChI=1S/C27H46O2/c1-2-3-4-5-6-7-8-9-10-11-12-13-14-15-16-17-18-19-20-21-22-23-24-25-26-29-27-28/h27H,2-13,18-26H2,1H3. The average Bonchev–Trinajstić information content (AvgIpc) is 2.74. The first-order valence-electron chi connectivity index (χ1n) is 12.4. The lowest BCUT2D eigenvalue weighted by molar-refractivity contribution is -0.128. The number of unbranched alkanes of at least 4 members (excludes halogenated alkanes) is 18. The Morgan fingerprint density at radius 1 is 0.552 bits per heavy atom. The minimum atomic E-state index is 0.532. The highest BCUT2D eigenvalue weighted by Crippen LogP contribution is 2.11. The zero-order valence-electron chi connectivity index (χ0n) is 19.2. The molecule has 0 aliphatic rings. The summed E-state index contributed by atoms with van der Waals surface area (Å²) in [7, 11) is 0. The summed E-state index contributed by atoms with van der Waals surface area (Å²) >= 11 is 0. The predicted molar refractivity (Wildman–Crippen MR) is 126 cm³/mol. The van der Waals surface area contributed by atoms with Gasteiger partial charge in [-0.1, -0.05) is 115 Å². The van der Waals surface area contributed by atoms with Crippen molar-refractivity contribution in [1.29, 1.82) is 0 Å². The maximum absolute atomic E-state index is 9.99. The first-order valence-corrected chi connectivity index (χ1v) is 12.4. The van der Waals surface area contributed by atoms with Crippen molar-refractivity contribution in [1.82, 2.24) is 0 Å². The zero-order chi connectivity index (χ0) is 21.1. The smallest absolute Gasteiger partial charge is 0.293 e. The fourth-order valence-electron chi connectivity index (χ4n) is 3.42. The Bertz CT molecular complexity index is 447. The van der Waals surface area contributed by atoms with Gasteiger partial charge in [0.1, 0.15) is 0 Å². The molecule has 0 aliphatic carbocycles. The first kappa shape index (κ1) is 27.6. The molecule has 0 N–H and O–H groups in total. The molecule has 0 unspecified atom stereocenters. The molecule has 0 saturated heterocycles.